The Bertz CT molecular complexity index is 846. The molecule has 3 heterocycles. The van der Waals surface area contributed by atoms with E-state index in [-0.39, 0.29) is 43.4 Å². The Balaban J connectivity index is 1.21. The highest BCUT2D eigenvalue weighted by molar-refractivity contribution is 5.79. The van der Waals surface area contributed by atoms with Gasteiger partial charge in [0.1, 0.15) is 6.61 Å². The molecule has 3 aliphatic rings. The molecular formula is C19H21F4N3O5. The highest BCUT2D eigenvalue weighted by atomic mass is 19.4. The number of carbonyl (C=O) groups excluding carboxylic acids is 2. The highest BCUT2D eigenvalue weighted by Gasteiger charge is 2.40. The maximum atomic E-state index is 13.7. The van der Waals surface area contributed by atoms with Crippen molar-refractivity contribution < 1.29 is 41.4 Å². The fourth-order valence-corrected chi connectivity index (χ4v) is 3.83. The van der Waals surface area contributed by atoms with Gasteiger partial charge in [-0.1, -0.05) is 6.07 Å². The summed E-state index contributed by atoms with van der Waals surface area (Å²) in [6.45, 7) is 1.65. The van der Waals surface area contributed by atoms with Crippen molar-refractivity contribution in [1.29, 1.82) is 0 Å². The van der Waals surface area contributed by atoms with Crippen LogP contribution in [-0.2, 0) is 20.9 Å². The molecule has 0 aromatic heterocycles. The fourth-order valence-electron chi connectivity index (χ4n) is 3.83. The standard InChI is InChI=1S/C19H21F4N3O5/c20-13-5-11(1-2-15(13)31-19(21,22)23)9-29-12-6-26(7-12)18(28)25-4-3-16-14(8-25)24-17(27)10-30-16/h1-2,5,12,14,16H,3-4,6-10H2,(H,24,27)/t14-,16+/m1/s1. The first-order chi connectivity index (χ1) is 14.7. The van der Waals surface area contributed by atoms with Crippen LogP contribution in [-0.4, -0.2) is 79.1 Å². The Labute approximate surface area is 175 Å². The number of benzene rings is 1. The summed E-state index contributed by atoms with van der Waals surface area (Å²) >= 11 is 0. The van der Waals surface area contributed by atoms with Crippen molar-refractivity contribution in [2.45, 2.75) is 37.6 Å². The maximum absolute atomic E-state index is 13.7. The summed E-state index contributed by atoms with van der Waals surface area (Å²) in [6, 6.07) is 2.74. The lowest BCUT2D eigenvalue weighted by Gasteiger charge is -2.45. The van der Waals surface area contributed by atoms with E-state index < -0.39 is 17.9 Å². The third-order valence-corrected chi connectivity index (χ3v) is 5.42. The zero-order valence-corrected chi connectivity index (χ0v) is 16.4. The second-order valence-electron chi connectivity index (χ2n) is 7.69. The SMILES string of the molecule is O=C1CO[C@H]2CCN(C(=O)N3CC(OCc4ccc(OC(F)(F)F)c(F)c4)C3)C[C@H]2N1. The average molecular weight is 447 g/mol. The van der Waals surface area contributed by atoms with E-state index in [1.807, 2.05) is 0 Å². The number of likely N-dealkylation sites (tertiary alicyclic amines) is 2. The molecule has 12 heteroatoms. The summed E-state index contributed by atoms with van der Waals surface area (Å²) in [7, 11) is 0. The minimum Gasteiger partial charge on any atom is -0.403 e. The van der Waals surface area contributed by atoms with Gasteiger partial charge in [-0.15, -0.1) is 13.2 Å². The second kappa shape index (κ2) is 8.50. The number of ether oxygens (including phenoxy) is 3. The van der Waals surface area contributed by atoms with Crippen LogP contribution < -0.4 is 10.1 Å². The van der Waals surface area contributed by atoms with Crippen LogP contribution in [0.3, 0.4) is 0 Å². The molecule has 4 rings (SSSR count). The number of fused-ring (bicyclic) bond motifs is 1. The lowest BCUT2D eigenvalue weighted by Crippen LogP contribution is -2.65. The van der Waals surface area contributed by atoms with Gasteiger partial charge >= 0.3 is 12.4 Å². The number of amides is 3. The van der Waals surface area contributed by atoms with Gasteiger partial charge in [0, 0.05) is 13.1 Å². The third-order valence-electron chi connectivity index (χ3n) is 5.42. The predicted octanol–water partition coefficient (Wildman–Crippen LogP) is 1.63. The first-order valence-corrected chi connectivity index (χ1v) is 9.78. The molecule has 1 aromatic carbocycles. The van der Waals surface area contributed by atoms with Gasteiger partial charge in [-0.25, -0.2) is 9.18 Å². The molecule has 31 heavy (non-hydrogen) atoms. The molecule has 2 atom stereocenters. The van der Waals surface area contributed by atoms with Crippen LogP contribution in [0.1, 0.15) is 12.0 Å². The molecule has 170 valence electrons. The van der Waals surface area contributed by atoms with E-state index >= 15 is 0 Å². The minimum atomic E-state index is -4.97. The van der Waals surface area contributed by atoms with Gasteiger partial charge in [-0.05, 0) is 24.1 Å². The van der Waals surface area contributed by atoms with E-state index in [1.54, 1.807) is 9.80 Å². The van der Waals surface area contributed by atoms with E-state index in [0.29, 0.717) is 38.2 Å². The number of halogens is 4. The number of urea groups is 1. The number of nitrogens with one attached hydrogen (secondary N) is 1. The van der Waals surface area contributed by atoms with Crippen molar-refractivity contribution in [3.63, 3.8) is 0 Å². The van der Waals surface area contributed by atoms with Crippen molar-refractivity contribution in [2.24, 2.45) is 0 Å². The smallest absolute Gasteiger partial charge is 0.403 e. The molecular weight excluding hydrogens is 426 g/mol. The number of rotatable bonds is 4. The molecule has 0 saturated carbocycles. The Morgan fingerprint density at radius 1 is 1.23 bits per heavy atom. The quantitative estimate of drug-likeness (QED) is 0.710. The van der Waals surface area contributed by atoms with Crippen LogP contribution >= 0.6 is 0 Å². The van der Waals surface area contributed by atoms with Gasteiger partial charge in [0.2, 0.25) is 5.91 Å². The normalized spacial score (nSPS) is 24.3. The topological polar surface area (TPSA) is 80.3 Å². The van der Waals surface area contributed by atoms with Crippen LogP contribution in [0.15, 0.2) is 18.2 Å². The number of alkyl halides is 3. The van der Waals surface area contributed by atoms with Crippen molar-refractivity contribution in [1.82, 2.24) is 15.1 Å². The van der Waals surface area contributed by atoms with Crippen molar-refractivity contribution in [2.75, 3.05) is 32.8 Å². The summed E-state index contributed by atoms with van der Waals surface area (Å²) in [5, 5.41) is 2.84. The lowest BCUT2D eigenvalue weighted by molar-refractivity contribution is -0.275. The van der Waals surface area contributed by atoms with Gasteiger partial charge in [0.15, 0.2) is 11.6 Å². The fraction of sp³-hybridized carbons (Fsp3) is 0.579. The minimum absolute atomic E-state index is 0.00719. The van der Waals surface area contributed by atoms with Gasteiger partial charge in [-0.2, -0.15) is 0 Å². The molecule has 3 fully saturated rings. The van der Waals surface area contributed by atoms with Crippen LogP contribution in [0, 0.1) is 5.82 Å². The molecule has 0 bridgehead atoms. The van der Waals surface area contributed by atoms with E-state index in [4.69, 9.17) is 9.47 Å². The number of hydrogen-bond donors (Lipinski definition) is 1. The summed E-state index contributed by atoms with van der Waals surface area (Å²) in [5.41, 5.74) is 0.354. The summed E-state index contributed by atoms with van der Waals surface area (Å²) in [5.74, 6) is -2.23. The highest BCUT2D eigenvalue weighted by Crippen LogP contribution is 2.27. The largest absolute Gasteiger partial charge is 0.573 e. The number of piperidine rings is 1. The molecule has 8 nitrogen and oxygen atoms in total. The maximum Gasteiger partial charge on any atom is 0.573 e. The molecule has 0 spiro atoms. The van der Waals surface area contributed by atoms with E-state index in [9.17, 15) is 27.2 Å². The van der Waals surface area contributed by atoms with Crippen LogP contribution in [0.4, 0.5) is 22.4 Å². The summed E-state index contributed by atoms with van der Waals surface area (Å²) in [4.78, 5) is 27.4. The van der Waals surface area contributed by atoms with Crippen molar-refractivity contribution in [3.8, 4) is 5.75 Å². The predicted molar refractivity (Wildman–Crippen MR) is 96.5 cm³/mol. The van der Waals surface area contributed by atoms with Crippen LogP contribution in [0.25, 0.3) is 0 Å². The molecule has 1 aromatic rings. The Hall–Kier alpha value is -2.60. The summed E-state index contributed by atoms with van der Waals surface area (Å²) in [6.07, 6.45) is -4.66. The molecule has 0 aliphatic carbocycles. The monoisotopic (exact) mass is 447 g/mol. The van der Waals surface area contributed by atoms with E-state index in [1.165, 1.54) is 6.07 Å². The molecule has 3 aliphatic heterocycles. The molecule has 0 unspecified atom stereocenters. The number of carbonyl (C=O) groups is 2. The van der Waals surface area contributed by atoms with Crippen molar-refractivity contribution in [3.05, 3.63) is 29.6 Å². The van der Waals surface area contributed by atoms with Gasteiger partial charge in [0.25, 0.3) is 0 Å². The molecule has 1 N–H and O–H groups in total. The molecule has 3 amide bonds. The first-order valence-electron chi connectivity index (χ1n) is 9.78. The van der Waals surface area contributed by atoms with Gasteiger partial charge in [-0.3, -0.25) is 4.79 Å². The second-order valence-corrected chi connectivity index (χ2v) is 7.69. The van der Waals surface area contributed by atoms with Gasteiger partial charge < -0.3 is 29.3 Å². The third kappa shape index (κ3) is 5.18. The van der Waals surface area contributed by atoms with E-state index in [2.05, 4.69) is 10.1 Å². The lowest BCUT2D eigenvalue weighted by atomic mass is 10.0. The molecule has 0 radical (unpaired) electrons. The van der Waals surface area contributed by atoms with Crippen molar-refractivity contribution >= 4 is 11.9 Å². The first kappa shape index (κ1) is 21.6. The van der Waals surface area contributed by atoms with E-state index in [0.717, 1.165) is 12.1 Å². The van der Waals surface area contributed by atoms with Crippen LogP contribution in [0.2, 0.25) is 0 Å². The Morgan fingerprint density at radius 3 is 2.71 bits per heavy atom. The average Bonchev–Trinajstić information content (AvgIpc) is 2.67. The van der Waals surface area contributed by atoms with Crippen LogP contribution in [0.5, 0.6) is 5.75 Å². The summed E-state index contributed by atoms with van der Waals surface area (Å²) < 4.78 is 65.0. The zero-order valence-electron chi connectivity index (χ0n) is 16.4. The molecule has 3 saturated heterocycles. The Kier molecular flexibility index (Phi) is 5.93. The zero-order chi connectivity index (χ0) is 22.2. The number of hydrogen-bond acceptors (Lipinski definition) is 5. The van der Waals surface area contributed by atoms with Gasteiger partial charge in [0.05, 0.1) is 37.9 Å². The Morgan fingerprint density at radius 2 is 2.00 bits per heavy atom. The number of nitrogens with zero attached hydrogens (tertiary/aromatic N) is 2. The number of morpholine rings is 1.